The second kappa shape index (κ2) is 12.0. The number of pyridine rings is 1. The zero-order valence-electron chi connectivity index (χ0n) is 22.9. The predicted octanol–water partition coefficient (Wildman–Crippen LogP) is 4.46. The number of hydrogen-bond donors (Lipinski definition) is 2. The van der Waals surface area contributed by atoms with E-state index in [1.807, 2.05) is 5.32 Å². The number of rotatable bonds is 9. The molecule has 2 aliphatic heterocycles. The second-order valence-electron chi connectivity index (χ2n) is 11.3. The predicted molar refractivity (Wildman–Crippen MR) is 150 cm³/mol. The van der Waals surface area contributed by atoms with Crippen molar-refractivity contribution in [3.8, 4) is 0 Å². The van der Waals surface area contributed by atoms with Gasteiger partial charge >= 0.3 is 6.18 Å². The number of piperidine rings is 1. The molecule has 3 heterocycles. The number of hydrogen-bond acceptors (Lipinski definition) is 8. The normalized spacial score (nSPS) is 22.1. The van der Waals surface area contributed by atoms with E-state index in [9.17, 15) is 22.8 Å². The third-order valence-electron chi connectivity index (χ3n) is 7.82. The molecule has 2 fully saturated rings. The van der Waals surface area contributed by atoms with E-state index >= 15 is 0 Å². The fourth-order valence-corrected chi connectivity index (χ4v) is 5.87. The minimum absolute atomic E-state index is 0.177. The molecule has 8 nitrogen and oxygen atoms in total. The van der Waals surface area contributed by atoms with Gasteiger partial charge in [-0.25, -0.2) is 4.98 Å². The first kappa shape index (κ1) is 29.6. The summed E-state index contributed by atoms with van der Waals surface area (Å²) in [4.78, 5) is 35.6. The molecule has 0 bridgehead atoms. The molecule has 2 aliphatic rings. The van der Waals surface area contributed by atoms with Crippen molar-refractivity contribution in [1.82, 2.24) is 14.8 Å². The van der Waals surface area contributed by atoms with Gasteiger partial charge in [0.25, 0.3) is 10.9 Å². The lowest BCUT2D eigenvalue weighted by Gasteiger charge is -2.49. The van der Waals surface area contributed by atoms with Crippen LogP contribution in [0.4, 0.5) is 36.1 Å². The monoisotopic (exact) mass is 570 g/mol. The first-order valence-corrected chi connectivity index (χ1v) is 14.0. The maximum atomic E-state index is 12.5. The molecule has 0 aliphatic carbocycles. The summed E-state index contributed by atoms with van der Waals surface area (Å²) < 4.78 is 37.6. The highest BCUT2D eigenvalue weighted by molar-refractivity contribution is 6.33. The number of aromatic nitrogens is 1. The van der Waals surface area contributed by atoms with Crippen molar-refractivity contribution in [2.75, 3.05) is 54.8 Å². The Bertz CT molecular complexity index is 1210. The Hall–Kier alpha value is -2.37. The Labute approximate surface area is 232 Å². The van der Waals surface area contributed by atoms with Crippen LogP contribution in [-0.2, 0) is 0 Å². The second-order valence-corrected chi connectivity index (χ2v) is 11.7. The zero-order chi connectivity index (χ0) is 28.5. The highest BCUT2D eigenvalue weighted by atomic mass is 35.5. The van der Waals surface area contributed by atoms with Crippen LogP contribution in [0.3, 0.4) is 0 Å². The van der Waals surface area contributed by atoms with Crippen LogP contribution in [0, 0.1) is 5.92 Å². The SMILES string of the molecule is CC(C)CCN1CCC(N2C[C@H](C)N(c3ncc(Nc4c(NCC(F)(F)F)c(=O)c4=O)cc3Cl)C[C@H]2C)CC1. The van der Waals surface area contributed by atoms with E-state index in [0.717, 1.165) is 32.1 Å². The highest BCUT2D eigenvalue weighted by Crippen LogP contribution is 2.33. The number of halogens is 4. The molecule has 1 aromatic heterocycles. The molecule has 0 saturated carbocycles. The molecule has 2 saturated heterocycles. The molecule has 39 heavy (non-hydrogen) atoms. The van der Waals surface area contributed by atoms with Crippen molar-refractivity contribution < 1.29 is 13.2 Å². The van der Waals surface area contributed by atoms with Crippen LogP contribution in [0.2, 0.25) is 5.02 Å². The fraction of sp³-hybridized carbons (Fsp3) is 0.667. The summed E-state index contributed by atoms with van der Waals surface area (Å²) in [6, 6.07) is 2.63. The topological polar surface area (TPSA) is 80.8 Å². The van der Waals surface area contributed by atoms with E-state index in [-0.39, 0.29) is 17.4 Å². The van der Waals surface area contributed by atoms with Gasteiger partial charge in [-0.1, -0.05) is 25.4 Å². The largest absolute Gasteiger partial charge is 0.405 e. The molecule has 0 radical (unpaired) electrons. The molecular weight excluding hydrogens is 533 g/mol. The summed E-state index contributed by atoms with van der Waals surface area (Å²) in [5.74, 6) is 1.34. The van der Waals surface area contributed by atoms with Gasteiger partial charge in [0.1, 0.15) is 23.7 Å². The van der Waals surface area contributed by atoms with Crippen LogP contribution in [-0.4, -0.2) is 78.4 Å². The molecule has 216 valence electrons. The van der Waals surface area contributed by atoms with Gasteiger partial charge in [0, 0.05) is 31.2 Å². The lowest BCUT2D eigenvalue weighted by Crippen LogP contribution is -2.61. The molecule has 0 amide bonds. The molecule has 0 unspecified atom stereocenters. The Balaban J connectivity index is 1.37. The Morgan fingerprint density at radius 3 is 2.36 bits per heavy atom. The highest BCUT2D eigenvalue weighted by Gasteiger charge is 2.36. The number of likely N-dealkylation sites (tertiary alicyclic amines) is 1. The summed E-state index contributed by atoms with van der Waals surface area (Å²) in [5.41, 5.74) is -2.17. The lowest BCUT2D eigenvalue weighted by molar-refractivity contribution is -0.115. The first-order chi connectivity index (χ1) is 18.3. The van der Waals surface area contributed by atoms with Crippen molar-refractivity contribution in [2.45, 2.75) is 71.3 Å². The van der Waals surface area contributed by atoms with Crippen molar-refractivity contribution >= 4 is 34.5 Å². The van der Waals surface area contributed by atoms with Gasteiger partial charge in [0.05, 0.1) is 16.9 Å². The number of piperazine rings is 1. The van der Waals surface area contributed by atoms with Crippen LogP contribution in [0.25, 0.3) is 0 Å². The number of anilines is 4. The maximum absolute atomic E-state index is 12.5. The molecule has 4 rings (SSSR count). The Morgan fingerprint density at radius 2 is 1.74 bits per heavy atom. The molecule has 12 heteroatoms. The van der Waals surface area contributed by atoms with E-state index in [4.69, 9.17) is 11.6 Å². The van der Waals surface area contributed by atoms with E-state index in [2.05, 4.69) is 52.7 Å². The summed E-state index contributed by atoms with van der Waals surface area (Å²) in [6.07, 6.45) is 0.534. The quantitative estimate of drug-likeness (QED) is 0.428. The van der Waals surface area contributed by atoms with Gasteiger partial charge in [-0.15, -0.1) is 0 Å². The van der Waals surface area contributed by atoms with Crippen LogP contribution < -0.4 is 26.4 Å². The van der Waals surface area contributed by atoms with E-state index < -0.39 is 23.6 Å². The molecule has 2 atom stereocenters. The number of alkyl halides is 3. The fourth-order valence-electron chi connectivity index (χ4n) is 5.60. The van der Waals surface area contributed by atoms with Crippen LogP contribution >= 0.6 is 11.6 Å². The average molecular weight is 571 g/mol. The van der Waals surface area contributed by atoms with E-state index in [0.29, 0.717) is 28.6 Å². The van der Waals surface area contributed by atoms with Gasteiger partial charge in [-0.3, -0.25) is 14.5 Å². The van der Waals surface area contributed by atoms with E-state index in [1.165, 1.54) is 32.0 Å². The number of nitrogens with zero attached hydrogens (tertiary/aromatic N) is 4. The summed E-state index contributed by atoms with van der Waals surface area (Å²) in [7, 11) is 0. The summed E-state index contributed by atoms with van der Waals surface area (Å²) in [6.45, 7) is 12.6. The minimum atomic E-state index is -4.52. The maximum Gasteiger partial charge on any atom is 0.405 e. The van der Waals surface area contributed by atoms with Gasteiger partial charge in [-0.05, 0) is 64.7 Å². The van der Waals surface area contributed by atoms with E-state index in [1.54, 1.807) is 6.07 Å². The van der Waals surface area contributed by atoms with Crippen molar-refractivity contribution in [2.24, 2.45) is 5.92 Å². The van der Waals surface area contributed by atoms with Gasteiger partial charge in [0.2, 0.25) is 0 Å². The number of nitrogens with one attached hydrogen (secondary N) is 2. The summed E-state index contributed by atoms with van der Waals surface area (Å²) >= 11 is 6.60. The third-order valence-corrected chi connectivity index (χ3v) is 8.10. The zero-order valence-corrected chi connectivity index (χ0v) is 23.7. The summed E-state index contributed by atoms with van der Waals surface area (Å²) in [5, 5.41) is 5.06. The van der Waals surface area contributed by atoms with Crippen LogP contribution in [0.15, 0.2) is 21.9 Å². The van der Waals surface area contributed by atoms with Crippen molar-refractivity contribution in [3.05, 3.63) is 37.7 Å². The molecule has 0 spiro atoms. The Morgan fingerprint density at radius 1 is 1.08 bits per heavy atom. The Kier molecular flexibility index (Phi) is 9.12. The molecule has 1 aromatic carbocycles. The molecular formula is C27H38ClF3N6O2. The van der Waals surface area contributed by atoms with Crippen molar-refractivity contribution in [1.29, 1.82) is 0 Å². The van der Waals surface area contributed by atoms with Crippen molar-refractivity contribution in [3.63, 3.8) is 0 Å². The van der Waals surface area contributed by atoms with Gasteiger partial charge in [-0.2, -0.15) is 13.2 Å². The van der Waals surface area contributed by atoms with Gasteiger partial charge in [0.15, 0.2) is 0 Å². The smallest absolute Gasteiger partial charge is 0.371 e. The molecule has 2 aromatic rings. The third kappa shape index (κ3) is 7.05. The standard InChI is InChI=1S/C27H38ClF3N6O2/c1-16(2)5-8-35-9-6-20(7-10-35)36-13-18(4)37(14-17(36)3)26-21(28)11-19(12-32-26)34-23-22(24(38)25(23)39)33-15-27(29,30)31/h11-12,16-18,20,33-34H,5-10,13-15H2,1-4H3/t17-,18+/m1/s1. The van der Waals surface area contributed by atoms with Gasteiger partial charge < -0.3 is 20.4 Å². The minimum Gasteiger partial charge on any atom is -0.371 e. The molecule has 2 N–H and O–H groups in total. The first-order valence-electron chi connectivity index (χ1n) is 13.6. The lowest BCUT2D eigenvalue weighted by atomic mass is 9.97. The average Bonchev–Trinajstić information content (AvgIpc) is 2.87. The van der Waals surface area contributed by atoms with Crippen LogP contribution in [0.1, 0.15) is 47.0 Å². The van der Waals surface area contributed by atoms with Crippen LogP contribution in [0.5, 0.6) is 0 Å².